The number of nitriles is 1. The normalized spacial score (nSPS) is 9.53. The maximum absolute atomic E-state index is 11.6. The molecule has 1 amide bonds. The van der Waals surface area contributed by atoms with Crippen LogP contribution in [0.3, 0.4) is 0 Å². The van der Waals surface area contributed by atoms with E-state index in [0.29, 0.717) is 12.1 Å². The van der Waals surface area contributed by atoms with Crippen LogP contribution in [-0.4, -0.2) is 30.9 Å². The third-order valence-corrected chi connectivity index (χ3v) is 3.08. The molecular weight excluding hydrogens is 282 g/mol. The number of carbonyl (C=O) groups excluding carboxylic acids is 1. The molecule has 0 unspecified atom stereocenters. The van der Waals surface area contributed by atoms with Crippen molar-refractivity contribution < 1.29 is 4.79 Å². The fourth-order valence-electron chi connectivity index (χ4n) is 1.21. The monoisotopic (exact) mass is 295 g/mol. The highest BCUT2D eigenvalue weighted by Crippen LogP contribution is 2.23. The van der Waals surface area contributed by atoms with E-state index in [-0.39, 0.29) is 12.5 Å². The van der Waals surface area contributed by atoms with E-state index < -0.39 is 0 Å². The smallest absolute Gasteiger partial charge is 0.241 e. The highest BCUT2D eigenvalue weighted by atomic mass is 79.9. The lowest BCUT2D eigenvalue weighted by Crippen LogP contribution is -2.31. The molecular formula is C12H14BrN3O. The Labute approximate surface area is 109 Å². The first kappa shape index (κ1) is 13.5. The van der Waals surface area contributed by atoms with E-state index in [9.17, 15) is 4.79 Å². The molecule has 0 aliphatic rings. The third-order valence-electron chi connectivity index (χ3n) is 2.43. The highest BCUT2D eigenvalue weighted by molar-refractivity contribution is 9.10. The van der Waals surface area contributed by atoms with E-state index in [1.807, 2.05) is 6.92 Å². The summed E-state index contributed by atoms with van der Waals surface area (Å²) in [6.07, 6.45) is 0. The molecule has 1 N–H and O–H groups in total. The molecule has 0 fully saturated rings. The summed E-state index contributed by atoms with van der Waals surface area (Å²) in [7, 11) is 1.76. The quantitative estimate of drug-likeness (QED) is 0.926. The van der Waals surface area contributed by atoms with Crippen LogP contribution >= 0.6 is 15.9 Å². The largest absolute Gasteiger partial charge is 0.375 e. The summed E-state index contributed by atoms with van der Waals surface area (Å²) in [5, 5.41) is 11.8. The van der Waals surface area contributed by atoms with Crippen LogP contribution in [0.5, 0.6) is 0 Å². The zero-order valence-electron chi connectivity index (χ0n) is 9.83. The number of rotatable bonds is 4. The van der Waals surface area contributed by atoms with Crippen molar-refractivity contribution in [2.75, 3.05) is 25.5 Å². The van der Waals surface area contributed by atoms with E-state index in [1.54, 1.807) is 30.1 Å². The number of likely N-dealkylation sites (N-methyl/N-ethyl adjacent to an activating group) is 1. The van der Waals surface area contributed by atoms with Gasteiger partial charge in [0, 0.05) is 23.8 Å². The first-order chi connectivity index (χ1) is 8.08. The van der Waals surface area contributed by atoms with Gasteiger partial charge < -0.3 is 10.2 Å². The van der Waals surface area contributed by atoms with Gasteiger partial charge in [-0.05, 0) is 41.1 Å². The fourth-order valence-corrected chi connectivity index (χ4v) is 1.73. The van der Waals surface area contributed by atoms with Crippen molar-refractivity contribution in [3.8, 4) is 6.07 Å². The molecule has 1 aromatic carbocycles. The van der Waals surface area contributed by atoms with Gasteiger partial charge in [0.1, 0.15) is 0 Å². The summed E-state index contributed by atoms with van der Waals surface area (Å²) in [6.45, 7) is 2.86. The number of nitrogens with zero attached hydrogens (tertiary/aromatic N) is 2. The van der Waals surface area contributed by atoms with Gasteiger partial charge in [0.25, 0.3) is 0 Å². The summed E-state index contributed by atoms with van der Waals surface area (Å²) in [5.74, 6) is 0.0313. The molecule has 0 bridgehead atoms. The van der Waals surface area contributed by atoms with Crippen LogP contribution in [0.4, 0.5) is 5.69 Å². The minimum Gasteiger partial charge on any atom is -0.375 e. The molecule has 0 saturated heterocycles. The molecule has 90 valence electrons. The van der Waals surface area contributed by atoms with E-state index >= 15 is 0 Å². The number of hydrogen-bond acceptors (Lipinski definition) is 3. The molecule has 1 rings (SSSR count). The summed E-state index contributed by atoms with van der Waals surface area (Å²) >= 11 is 3.35. The zero-order chi connectivity index (χ0) is 12.8. The van der Waals surface area contributed by atoms with Crippen molar-refractivity contribution in [1.29, 1.82) is 5.26 Å². The highest BCUT2D eigenvalue weighted by Gasteiger charge is 2.07. The van der Waals surface area contributed by atoms with Gasteiger partial charge in [-0.1, -0.05) is 0 Å². The Kier molecular flexibility index (Phi) is 4.98. The molecule has 0 radical (unpaired) electrons. The molecule has 0 aliphatic carbocycles. The van der Waals surface area contributed by atoms with Crippen molar-refractivity contribution in [2.45, 2.75) is 6.92 Å². The van der Waals surface area contributed by atoms with Crippen LogP contribution in [0.2, 0.25) is 0 Å². The van der Waals surface area contributed by atoms with E-state index in [4.69, 9.17) is 5.26 Å². The van der Waals surface area contributed by atoms with Crippen molar-refractivity contribution in [3.05, 3.63) is 28.2 Å². The molecule has 0 saturated carbocycles. The number of carbonyl (C=O) groups is 1. The van der Waals surface area contributed by atoms with Gasteiger partial charge in [-0.3, -0.25) is 4.79 Å². The maximum Gasteiger partial charge on any atom is 0.241 e. The Hall–Kier alpha value is -1.54. The first-order valence-corrected chi connectivity index (χ1v) is 6.05. The molecule has 4 nitrogen and oxygen atoms in total. The lowest BCUT2D eigenvalue weighted by Gasteiger charge is -2.15. The Morgan fingerprint density at radius 2 is 2.29 bits per heavy atom. The molecule has 0 heterocycles. The maximum atomic E-state index is 11.6. The Morgan fingerprint density at radius 1 is 1.59 bits per heavy atom. The van der Waals surface area contributed by atoms with Crippen molar-refractivity contribution in [1.82, 2.24) is 4.90 Å². The molecule has 0 atom stereocenters. The molecule has 5 heteroatoms. The lowest BCUT2D eigenvalue weighted by atomic mass is 10.2. The first-order valence-electron chi connectivity index (χ1n) is 5.26. The van der Waals surface area contributed by atoms with E-state index in [0.717, 1.165) is 10.2 Å². The van der Waals surface area contributed by atoms with Gasteiger partial charge in [0.15, 0.2) is 0 Å². The average Bonchev–Trinajstić information content (AvgIpc) is 2.35. The molecule has 0 spiro atoms. The minimum atomic E-state index is 0.0313. The zero-order valence-corrected chi connectivity index (χ0v) is 11.4. The molecule has 17 heavy (non-hydrogen) atoms. The second kappa shape index (κ2) is 6.26. The summed E-state index contributed by atoms with van der Waals surface area (Å²) < 4.78 is 0.781. The predicted octanol–water partition coefficient (Wildman–Crippen LogP) is 2.21. The van der Waals surface area contributed by atoms with Crippen LogP contribution in [-0.2, 0) is 4.79 Å². The van der Waals surface area contributed by atoms with Gasteiger partial charge in [0.05, 0.1) is 18.2 Å². The van der Waals surface area contributed by atoms with Crippen LogP contribution in [0.1, 0.15) is 12.5 Å². The Morgan fingerprint density at radius 3 is 2.82 bits per heavy atom. The van der Waals surface area contributed by atoms with Crippen molar-refractivity contribution in [2.24, 2.45) is 0 Å². The van der Waals surface area contributed by atoms with Crippen LogP contribution in [0.15, 0.2) is 22.7 Å². The van der Waals surface area contributed by atoms with Gasteiger partial charge in [-0.15, -0.1) is 0 Å². The van der Waals surface area contributed by atoms with Gasteiger partial charge >= 0.3 is 0 Å². The van der Waals surface area contributed by atoms with Gasteiger partial charge in [-0.2, -0.15) is 5.26 Å². The molecule has 0 aromatic heterocycles. The number of nitrogens with one attached hydrogen (secondary N) is 1. The summed E-state index contributed by atoms with van der Waals surface area (Å²) in [4.78, 5) is 13.2. The summed E-state index contributed by atoms with van der Waals surface area (Å²) in [6, 6.07) is 7.26. The van der Waals surface area contributed by atoms with Crippen molar-refractivity contribution in [3.63, 3.8) is 0 Å². The van der Waals surface area contributed by atoms with Crippen LogP contribution in [0, 0.1) is 11.3 Å². The number of hydrogen-bond donors (Lipinski definition) is 1. The van der Waals surface area contributed by atoms with E-state index in [1.165, 1.54) is 0 Å². The van der Waals surface area contributed by atoms with Crippen LogP contribution in [0.25, 0.3) is 0 Å². The SMILES string of the molecule is CCN(C)C(=O)CNc1ccc(C#N)cc1Br. The van der Waals surface area contributed by atoms with E-state index in [2.05, 4.69) is 27.3 Å². The molecule has 0 aliphatic heterocycles. The lowest BCUT2D eigenvalue weighted by molar-refractivity contribution is -0.127. The molecule has 1 aromatic rings. The second-order valence-corrected chi connectivity index (χ2v) is 4.42. The average molecular weight is 296 g/mol. The van der Waals surface area contributed by atoms with Crippen LogP contribution < -0.4 is 5.32 Å². The predicted molar refractivity (Wildman–Crippen MR) is 70.7 cm³/mol. The Bertz CT molecular complexity index is 454. The summed E-state index contributed by atoms with van der Waals surface area (Å²) in [5.41, 5.74) is 1.39. The van der Waals surface area contributed by atoms with Crippen molar-refractivity contribution >= 4 is 27.5 Å². The number of halogens is 1. The van der Waals surface area contributed by atoms with Gasteiger partial charge in [0.2, 0.25) is 5.91 Å². The van der Waals surface area contributed by atoms with Gasteiger partial charge in [-0.25, -0.2) is 0 Å². The fraction of sp³-hybridized carbons (Fsp3) is 0.333. The topological polar surface area (TPSA) is 56.1 Å². The number of benzene rings is 1. The standard InChI is InChI=1S/C12H14BrN3O/c1-3-16(2)12(17)8-15-11-5-4-9(7-14)6-10(11)13/h4-6,15H,3,8H2,1-2H3. The minimum absolute atomic E-state index is 0.0313. The Balaban J connectivity index is 2.65. The second-order valence-electron chi connectivity index (χ2n) is 3.57. The number of amides is 1. The number of anilines is 1. The third kappa shape index (κ3) is 3.75.